The molecule has 0 spiro atoms. The highest BCUT2D eigenvalue weighted by Crippen LogP contribution is 2.22. The Balaban J connectivity index is 3.00. The molecule has 0 saturated carbocycles. The zero-order valence-electron chi connectivity index (χ0n) is 9.80. The van der Waals surface area contributed by atoms with E-state index in [1.807, 2.05) is 30.3 Å². The van der Waals surface area contributed by atoms with E-state index in [9.17, 15) is 9.90 Å². The number of anilines is 1. The maximum Gasteiger partial charge on any atom is 0.331 e. The maximum absolute atomic E-state index is 11.3. The number of ether oxygens (including phenoxy) is 1. The third-order valence-corrected chi connectivity index (χ3v) is 2.77. The SMILES string of the molecule is COCC(C)(C(=O)O)N(C)c1ccccc1. The molecule has 16 heavy (non-hydrogen) atoms. The summed E-state index contributed by atoms with van der Waals surface area (Å²) < 4.78 is 4.99. The molecule has 0 saturated heterocycles. The number of para-hydroxylation sites is 1. The van der Waals surface area contributed by atoms with Gasteiger partial charge in [0.05, 0.1) is 6.61 Å². The molecule has 0 aliphatic carbocycles. The molecule has 1 aromatic carbocycles. The van der Waals surface area contributed by atoms with Gasteiger partial charge in [-0.15, -0.1) is 0 Å². The van der Waals surface area contributed by atoms with Crippen LogP contribution < -0.4 is 4.90 Å². The predicted octanol–water partition coefficient (Wildman–Crippen LogP) is 1.61. The van der Waals surface area contributed by atoms with Gasteiger partial charge in [0.25, 0.3) is 0 Å². The minimum atomic E-state index is -1.06. The summed E-state index contributed by atoms with van der Waals surface area (Å²) in [6.07, 6.45) is 0. The Hall–Kier alpha value is -1.55. The number of nitrogens with zero attached hydrogens (tertiary/aromatic N) is 1. The second-order valence-corrected chi connectivity index (χ2v) is 3.91. The summed E-state index contributed by atoms with van der Waals surface area (Å²) in [6, 6.07) is 9.39. The monoisotopic (exact) mass is 223 g/mol. The Kier molecular flexibility index (Phi) is 3.90. The van der Waals surface area contributed by atoms with E-state index in [4.69, 9.17) is 4.74 Å². The van der Waals surface area contributed by atoms with Gasteiger partial charge < -0.3 is 14.7 Å². The Bertz CT molecular complexity index is 353. The Morgan fingerprint density at radius 1 is 1.44 bits per heavy atom. The molecule has 0 bridgehead atoms. The second kappa shape index (κ2) is 4.99. The lowest BCUT2D eigenvalue weighted by molar-refractivity contribution is -0.144. The molecule has 0 aromatic heterocycles. The van der Waals surface area contributed by atoms with Gasteiger partial charge in [-0.25, -0.2) is 4.79 Å². The van der Waals surface area contributed by atoms with Crippen LogP contribution in [0.2, 0.25) is 0 Å². The molecule has 1 atom stereocenters. The smallest absolute Gasteiger partial charge is 0.331 e. The van der Waals surface area contributed by atoms with Crippen LogP contribution in [-0.4, -0.2) is 37.4 Å². The van der Waals surface area contributed by atoms with Crippen molar-refractivity contribution in [1.29, 1.82) is 0 Å². The van der Waals surface area contributed by atoms with Gasteiger partial charge in [0.2, 0.25) is 0 Å². The summed E-state index contributed by atoms with van der Waals surface area (Å²) in [4.78, 5) is 13.0. The van der Waals surface area contributed by atoms with Gasteiger partial charge in [-0.05, 0) is 19.1 Å². The fourth-order valence-electron chi connectivity index (χ4n) is 1.52. The van der Waals surface area contributed by atoms with Crippen molar-refractivity contribution in [2.75, 3.05) is 25.7 Å². The van der Waals surface area contributed by atoms with Crippen LogP contribution >= 0.6 is 0 Å². The highest BCUT2D eigenvalue weighted by Gasteiger charge is 2.37. The molecule has 0 amide bonds. The average Bonchev–Trinajstić information content (AvgIpc) is 2.29. The van der Waals surface area contributed by atoms with Crippen LogP contribution in [0, 0.1) is 0 Å². The zero-order valence-corrected chi connectivity index (χ0v) is 9.80. The third kappa shape index (κ3) is 2.33. The van der Waals surface area contributed by atoms with E-state index in [1.54, 1.807) is 18.9 Å². The molecule has 1 unspecified atom stereocenters. The molecule has 0 aliphatic heterocycles. The van der Waals surface area contributed by atoms with E-state index in [2.05, 4.69) is 0 Å². The standard InChI is InChI=1S/C12H17NO3/c1-12(9-16-3,11(14)15)13(2)10-7-5-4-6-8-10/h4-8H,9H2,1-3H3,(H,14,15). The van der Waals surface area contributed by atoms with Gasteiger partial charge in [-0.2, -0.15) is 0 Å². The van der Waals surface area contributed by atoms with Crippen molar-refractivity contribution in [3.05, 3.63) is 30.3 Å². The molecule has 0 radical (unpaired) electrons. The third-order valence-electron chi connectivity index (χ3n) is 2.77. The van der Waals surface area contributed by atoms with Crippen LogP contribution in [0.25, 0.3) is 0 Å². The van der Waals surface area contributed by atoms with E-state index in [-0.39, 0.29) is 6.61 Å². The highest BCUT2D eigenvalue weighted by molar-refractivity contribution is 5.83. The van der Waals surface area contributed by atoms with Crippen molar-refractivity contribution in [3.63, 3.8) is 0 Å². The van der Waals surface area contributed by atoms with E-state index >= 15 is 0 Å². The lowest BCUT2D eigenvalue weighted by Gasteiger charge is -2.36. The summed E-state index contributed by atoms with van der Waals surface area (Å²) in [5, 5.41) is 9.27. The van der Waals surface area contributed by atoms with Crippen molar-refractivity contribution in [3.8, 4) is 0 Å². The first kappa shape index (κ1) is 12.5. The number of likely N-dealkylation sites (N-methyl/N-ethyl adjacent to an activating group) is 1. The van der Waals surface area contributed by atoms with E-state index in [0.29, 0.717) is 0 Å². The molecule has 1 N–H and O–H groups in total. The minimum absolute atomic E-state index is 0.133. The van der Waals surface area contributed by atoms with Crippen molar-refractivity contribution >= 4 is 11.7 Å². The van der Waals surface area contributed by atoms with E-state index in [1.165, 1.54) is 7.11 Å². The first-order chi connectivity index (χ1) is 7.52. The summed E-state index contributed by atoms with van der Waals surface area (Å²) >= 11 is 0. The van der Waals surface area contributed by atoms with Crippen LogP contribution in [0.1, 0.15) is 6.92 Å². The first-order valence-corrected chi connectivity index (χ1v) is 5.03. The predicted molar refractivity (Wildman–Crippen MR) is 62.8 cm³/mol. The number of hydrogen-bond donors (Lipinski definition) is 1. The molecule has 1 rings (SSSR count). The largest absolute Gasteiger partial charge is 0.479 e. The van der Waals surface area contributed by atoms with Crippen LogP contribution in [0.5, 0.6) is 0 Å². The molecule has 4 nitrogen and oxygen atoms in total. The van der Waals surface area contributed by atoms with Crippen LogP contribution in [0.3, 0.4) is 0 Å². The van der Waals surface area contributed by atoms with Crippen LogP contribution in [0.4, 0.5) is 5.69 Å². The number of methoxy groups -OCH3 is 1. The summed E-state index contributed by atoms with van der Waals surface area (Å²) in [7, 11) is 3.25. The Morgan fingerprint density at radius 3 is 2.44 bits per heavy atom. The Morgan fingerprint density at radius 2 is 2.00 bits per heavy atom. The molecule has 88 valence electrons. The van der Waals surface area contributed by atoms with Gasteiger partial charge in [0.15, 0.2) is 5.54 Å². The summed E-state index contributed by atoms with van der Waals surface area (Å²) in [6.45, 7) is 1.78. The van der Waals surface area contributed by atoms with Crippen molar-refractivity contribution in [2.24, 2.45) is 0 Å². The van der Waals surface area contributed by atoms with Gasteiger partial charge >= 0.3 is 5.97 Å². The molecule has 0 heterocycles. The van der Waals surface area contributed by atoms with E-state index in [0.717, 1.165) is 5.69 Å². The molecule has 0 aliphatic rings. The number of carboxylic acid groups (broad SMARTS) is 1. The molecule has 0 fully saturated rings. The van der Waals surface area contributed by atoms with Gasteiger partial charge in [-0.3, -0.25) is 0 Å². The molecule has 4 heteroatoms. The number of carbonyl (C=O) groups is 1. The maximum atomic E-state index is 11.3. The number of benzene rings is 1. The van der Waals surface area contributed by atoms with E-state index < -0.39 is 11.5 Å². The summed E-state index contributed by atoms with van der Waals surface area (Å²) in [5.74, 6) is -0.902. The van der Waals surface area contributed by atoms with Crippen LogP contribution in [0.15, 0.2) is 30.3 Å². The second-order valence-electron chi connectivity index (χ2n) is 3.91. The minimum Gasteiger partial charge on any atom is -0.479 e. The number of hydrogen-bond acceptors (Lipinski definition) is 3. The molecular weight excluding hydrogens is 206 g/mol. The average molecular weight is 223 g/mol. The van der Waals surface area contributed by atoms with Gasteiger partial charge in [0, 0.05) is 19.8 Å². The van der Waals surface area contributed by atoms with Crippen molar-refractivity contribution in [1.82, 2.24) is 0 Å². The fourth-order valence-corrected chi connectivity index (χ4v) is 1.52. The van der Waals surface area contributed by atoms with Gasteiger partial charge in [0.1, 0.15) is 0 Å². The van der Waals surface area contributed by atoms with Crippen LogP contribution in [-0.2, 0) is 9.53 Å². The van der Waals surface area contributed by atoms with Crippen molar-refractivity contribution < 1.29 is 14.6 Å². The molecule has 1 aromatic rings. The normalized spacial score (nSPS) is 14.2. The lowest BCUT2D eigenvalue weighted by Crippen LogP contribution is -2.54. The van der Waals surface area contributed by atoms with Crippen molar-refractivity contribution in [2.45, 2.75) is 12.5 Å². The number of carboxylic acids is 1. The number of aliphatic carboxylic acids is 1. The fraction of sp³-hybridized carbons (Fsp3) is 0.417. The summed E-state index contributed by atoms with van der Waals surface area (Å²) in [5.41, 5.74) is -0.208. The zero-order chi connectivity index (χ0) is 12.2. The highest BCUT2D eigenvalue weighted by atomic mass is 16.5. The Labute approximate surface area is 95.5 Å². The topological polar surface area (TPSA) is 49.8 Å². The number of rotatable bonds is 5. The lowest BCUT2D eigenvalue weighted by atomic mass is 10.0. The van der Waals surface area contributed by atoms with Gasteiger partial charge in [-0.1, -0.05) is 18.2 Å². The molecular formula is C12H17NO3. The quantitative estimate of drug-likeness (QED) is 0.824. The first-order valence-electron chi connectivity index (χ1n) is 5.03.